The van der Waals surface area contributed by atoms with Gasteiger partial charge in [0, 0.05) is 11.4 Å². The predicted octanol–water partition coefficient (Wildman–Crippen LogP) is 3.43. The van der Waals surface area contributed by atoms with Crippen molar-refractivity contribution >= 4 is 17.2 Å². The Bertz CT molecular complexity index is 651. The Labute approximate surface area is 136 Å². The number of rotatable bonds is 6. The Morgan fingerprint density at radius 1 is 1.30 bits per heavy atom. The fourth-order valence-corrected chi connectivity index (χ4v) is 2.90. The van der Waals surface area contributed by atoms with Crippen LogP contribution in [0.2, 0.25) is 0 Å². The van der Waals surface area contributed by atoms with Crippen molar-refractivity contribution in [3.63, 3.8) is 0 Å². The molecular formula is C16H17F2NO3S. The van der Waals surface area contributed by atoms with Crippen LogP contribution in [0.3, 0.4) is 0 Å². The number of amides is 1. The van der Waals surface area contributed by atoms with Crippen molar-refractivity contribution in [2.45, 2.75) is 26.6 Å². The second kappa shape index (κ2) is 7.52. The lowest BCUT2D eigenvalue weighted by Crippen LogP contribution is -2.27. The molecule has 1 unspecified atom stereocenters. The number of thiophene rings is 1. The number of halogens is 2. The summed E-state index contributed by atoms with van der Waals surface area (Å²) in [5.41, 5.74) is 1.56. The monoisotopic (exact) mass is 341 g/mol. The number of aliphatic hydroxyl groups is 1. The van der Waals surface area contributed by atoms with Gasteiger partial charge in [-0.1, -0.05) is 12.1 Å². The van der Waals surface area contributed by atoms with Crippen LogP contribution < -0.4 is 10.1 Å². The molecule has 0 spiro atoms. The highest BCUT2D eigenvalue weighted by Gasteiger charge is 2.14. The molecule has 4 nitrogen and oxygen atoms in total. The van der Waals surface area contributed by atoms with E-state index in [1.807, 2.05) is 13.8 Å². The average molecular weight is 341 g/mol. The SMILES string of the molecule is Cc1cc(C(=O)NCC(O)c2ccc(OC(F)F)cc2)sc1C. The number of carbonyl (C=O) groups is 1. The molecule has 7 heteroatoms. The largest absolute Gasteiger partial charge is 0.435 e. The van der Waals surface area contributed by atoms with E-state index in [9.17, 15) is 18.7 Å². The molecule has 0 radical (unpaired) electrons. The van der Waals surface area contributed by atoms with Crippen molar-refractivity contribution in [3.8, 4) is 5.75 Å². The third kappa shape index (κ3) is 4.74. The van der Waals surface area contributed by atoms with Crippen LogP contribution >= 0.6 is 11.3 Å². The van der Waals surface area contributed by atoms with Gasteiger partial charge in [0.2, 0.25) is 0 Å². The minimum Gasteiger partial charge on any atom is -0.435 e. The fourth-order valence-electron chi connectivity index (χ4n) is 1.95. The molecule has 23 heavy (non-hydrogen) atoms. The summed E-state index contributed by atoms with van der Waals surface area (Å²) in [5, 5.41) is 12.7. The van der Waals surface area contributed by atoms with Gasteiger partial charge in [0.1, 0.15) is 5.75 Å². The standard InChI is InChI=1S/C16H17F2NO3S/c1-9-7-14(23-10(9)2)15(21)19-8-13(20)11-3-5-12(6-4-11)22-16(17)18/h3-7,13,16,20H,8H2,1-2H3,(H,19,21). The van der Waals surface area contributed by atoms with Crippen LogP contribution in [-0.2, 0) is 0 Å². The first-order valence-corrected chi connectivity index (χ1v) is 7.76. The molecule has 0 aliphatic rings. The molecule has 2 N–H and O–H groups in total. The van der Waals surface area contributed by atoms with Crippen molar-refractivity contribution in [2.75, 3.05) is 6.54 Å². The molecule has 1 heterocycles. The number of hydrogen-bond donors (Lipinski definition) is 2. The van der Waals surface area contributed by atoms with Gasteiger partial charge in [-0.25, -0.2) is 0 Å². The van der Waals surface area contributed by atoms with E-state index in [1.54, 1.807) is 6.07 Å². The summed E-state index contributed by atoms with van der Waals surface area (Å²) in [7, 11) is 0. The molecule has 1 aromatic heterocycles. The molecule has 0 fully saturated rings. The fraction of sp³-hybridized carbons (Fsp3) is 0.312. The van der Waals surface area contributed by atoms with E-state index in [2.05, 4.69) is 10.1 Å². The topological polar surface area (TPSA) is 58.6 Å². The van der Waals surface area contributed by atoms with Gasteiger partial charge in [-0.3, -0.25) is 4.79 Å². The Morgan fingerprint density at radius 2 is 1.96 bits per heavy atom. The van der Waals surface area contributed by atoms with Crippen LogP contribution in [0.15, 0.2) is 30.3 Å². The Morgan fingerprint density at radius 3 is 2.48 bits per heavy atom. The van der Waals surface area contributed by atoms with Gasteiger partial charge in [0.15, 0.2) is 0 Å². The molecule has 1 amide bonds. The van der Waals surface area contributed by atoms with Crippen molar-refractivity contribution in [1.82, 2.24) is 5.32 Å². The number of benzene rings is 1. The summed E-state index contributed by atoms with van der Waals surface area (Å²) in [6, 6.07) is 7.46. The highest BCUT2D eigenvalue weighted by molar-refractivity contribution is 7.14. The lowest BCUT2D eigenvalue weighted by atomic mass is 10.1. The molecule has 0 aliphatic carbocycles. The second-order valence-corrected chi connectivity index (χ2v) is 6.28. The molecular weight excluding hydrogens is 324 g/mol. The zero-order chi connectivity index (χ0) is 17.0. The summed E-state index contributed by atoms with van der Waals surface area (Å²) in [4.78, 5) is 13.7. The molecule has 0 saturated heterocycles. The Hall–Kier alpha value is -1.99. The molecule has 124 valence electrons. The molecule has 0 bridgehead atoms. The number of hydrogen-bond acceptors (Lipinski definition) is 4. The summed E-state index contributed by atoms with van der Waals surface area (Å²) in [5.74, 6) is -0.229. The third-order valence-corrected chi connectivity index (χ3v) is 4.49. The van der Waals surface area contributed by atoms with Crippen molar-refractivity contribution in [3.05, 3.63) is 51.2 Å². The maximum absolute atomic E-state index is 12.1. The van der Waals surface area contributed by atoms with Gasteiger partial charge in [-0.15, -0.1) is 11.3 Å². The quantitative estimate of drug-likeness (QED) is 0.846. The van der Waals surface area contributed by atoms with Crippen LogP contribution in [0.25, 0.3) is 0 Å². The summed E-state index contributed by atoms with van der Waals surface area (Å²) < 4.78 is 28.4. The van der Waals surface area contributed by atoms with Gasteiger partial charge >= 0.3 is 6.61 Å². The second-order valence-electron chi connectivity index (χ2n) is 5.02. The van der Waals surface area contributed by atoms with Crippen LogP contribution in [0.5, 0.6) is 5.75 Å². The average Bonchev–Trinajstić information content (AvgIpc) is 2.84. The Balaban J connectivity index is 1.91. The van der Waals surface area contributed by atoms with Crippen molar-refractivity contribution < 1.29 is 23.4 Å². The first-order valence-electron chi connectivity index (χ1n) is 6.95. The molecule has 1 aromatic carbocycles. The molecule has 1 atom stereocenters. The molecule has 2 aromatic rings. The lowest BCUT2D eigenvalue weighted by Gasteiger charge is -2.12. The Kier molecular flexibility index (Phi) is 5.68. The number of ether oxygens (including phenoxy) is 1. The van der Waals surface area contributed by atoms with E-state index in [0.717, 1.165) is 10.4 Å². The minimum absolute atomic E-state index is 0.0181. The van der Waals surface area contributed by atoms with Gasteiger partial charge < -0.3 is 15.2 Å². The van der Waals surface area contributed by atoms with Crippen LogP contribution in [0.1, 0.15) is 31.8 Å². The van der Waals surface area contributed by atoms with Crippen molar-refractivity contribution in [1.29, 1.82) is 0 Å². The zero-order valence-electron chi connectivity index (χ0n) is 12.7. The summed E-state index contributed by atoms with van der Waals surface area (Å²) >= 11 is 1.40. The summed E-state index contributed by atoms with van der Waals surface area (Å²) in [6.45, 7) is 1.02. The van der Waals surface area contributed by atoms with Gasteiger partial charge in [-0.05, 0) is 43.2 Å². The van der Waals surface area contributed by atoms with E-state index in [0.29, 0.717) is 10.4 Å². The van der Waals surface area contributed by atoms with Crippen LogP contribution in [-0.4, -0.2) is 24.2 Å². The molecule has 0 saturated carbocycles. The van der Waals surface area contributed by atoms with Crippen LogP contribution in [0, 0.1) is 13.8 Å². The number of aliphatic hydroxyl groups excluding tert-OH is 1. The maximum Gasteiger partial charge on any atom is 0.387 e. The first-order chi connectivity index (χ1) is 10.9. The van der Waals surface area contributed by atoms with Crippen LogP contribution in [0.4, 0.5) is 8.78 Å². The van der Waals surface area contributed by atoms with E-state index in [-0.39, 0.29) is 18.2 Å². The number of alkyl halides is 2. The minimum atomic E-state index is -2.89. The maximum atomic E-state index is 12.1. The molecule has 2 rings (SSSR count). The highest BCUT2D eigenvalue weighted by atomic mass is 32.1. The van der Waals surface area contributed by atoms with Gasteiger partial charge in [0.25, 0.3) is 5.91 Å². The van der Waals surface area contributed by atoms with E-state index in [1.165, 1.54) is 35.6 Å². The summed E-state index contributed by atoms with van der Waals surface area (Å²) in [6.07, 6.45) is -0.929. The zero-order valence-corrected chi connectivity index (χ0v) is 13.5. The third-order valence-electron chi connectivity index (χ3n) is 3.34. The van der Waals surface area contributed by atoms with Gasteiger partial charge in [-0.2, -0.15) is 8.78 Å². The van der Waals surface area contributed by atoms with E-state index < -0.39 is 12.7 Å². The van der Waals surface area contributed by atoms with E-state index in [4.69, 9.17) is 0 Å². The smallest absolute Gasteiger partial charge is 0.387 e. The number of nitrogens with one attached hydrogen (secondary N) is 1. The van der Waals surface area contributed by atoms with Gasteiger partial charge in [0.05, 0.1) is 11.0 Å². The van der Waals surface area contributed by atoms with E-state index >= 15 is 0 Å². The predicted molar refractivity (Wildman–Crippen MR) is 84.2 cm³/mol. The highest BCUT2D eigenvalue weighted by Crippen LogP contribution is 2.21. The van der Waals surface area contributed by atoms with Crippen molar-refractivity contribution in [2.24, 2.45) is 0 Å². The molecule has 0 aliphatic heterocycles. The number of aryl methyl sites for hydroxylation is 2. The lowest BCUT2D eigenvalue weighted by molar-refractivity contribution is -0.0498. The normalized spacial score (nSPS) is 12.3. The first kappa shape index (κ1) is 17.4. The number of carbonyl (C=O) groups excluding carboxylic acids is 1.